The van der Waals surface area contributed by atoms with Crippen LogP contribution in [-0.4, -0.2) is 36.3 Å². The Morgan fingerprint density at radius 1 is 1.26 bits per heavy atom. The van der Waals surface area contributed by atoms with E-state index in [1.807, 2.05) is 20.0 Å². The minimum absolute atomic E-state index is 0.663. The predicted molar refractivity (Wildman–Crippen MR) is 79.7 cm³/mol. The Morgan fingerprint density at radius 3 is 2.74 bits per heavy atom. The topological polar surface area (TPSA) is 59.1 Å². The maximum Gasteiger partial charge on any atom is 0.224 e. The molecule has 0 spiro atoms. The summed E-state index contributed by atoms with van der Waals surface area (Å²) in [6.45, 7) is 11.5. The average molecular weight is 266 g/mol. The normalized spacial score (nSPS) is 10.8. The van der Waals surface area contributed by atoms with Gasteiger partial charge in [-0.1, -0.05) is 13.8 Å². The van der Waals surface area contributed by atoms with Gasteiger partial charge < -0.3 is 15.4 Å². The van der Waals surface area contributed by atoms with Gasteiger partial charge in [0.15, 0.2) is 0 Å². The number of aromatic nitrogens is 2. The van der Waals surface area contributed by atoms with Crippen LogP contribution < -0.4 is 10.6 Å². The average Bonchev–Trinajstić information content (AvgIpc) is 2.37. The zero-order valence-corrected chi connectivity index (χ0v) is 12.5. The van der Waals surface area contributed by atoms with Gasteiger partial charge in [0, 0.05) is 31.5 Å². The zero-order valence-electron chi connectivity index (χ0n) is 12.5. The van der Waals surface area contributed by atoms with Gasteiger partial charge in [-0.05, 0) is 26.2 Å². The smallest absolute Gasteiger partial charge is 0.224 e. The van der Waals surface area contributed by atoms with Crippen molar-refractivity contribution in [2.45, 2.75) is 34.1 Å². The van der Waals surface area contributed by atoms with E-state index in [4.69, 9.17) is 4.74 Å². The number of hydrogen-bond donors (Lipinski definition) is 2. The van der Waals surface area contributed by atoms with E-state index in [2.05, 4.69) is 34.4 Å². The molecule has 0 atom stereocenters. The van der Waals surface area contributed by atoms with Gasteiger partial charge in [0.25, 0.3) is 0 Å². The van der Waals surface area contributed by atoms with E-state index in [0.29, 0.717) is 18.5 Å². The van der Waals surface area contributed by atoms with E-state index in [-0.39, 0.29) is 0 Å². The molecule has 1 aromatic heterocycles. The Hall–Kier alpha value is -1.36. The molecule has 0 aliphatic carbocycles. The van der Waals surface area contributed by atoms with Crippen molar-refractivity contribution < 1.29 is 4.74 Å². The zero-order chi connectivity index (χ0) is 14.1. The van der Waals surface area contributed by atoms with E-state index >= 15 is 0 Å². The van der Waals surface area contributed by atoms with Crippen LogP contribution in [0.1, 0.15) is 32.8 Å². The lowest BCUT2D eigenvalue weighted by Crippen LogP contribution is -2.13. The number of rotatable bonds is 9. The van der Waals surface area contributed by atoms with Gasteiger partial charge in [-0.3, -0.25) is 0 Å². The standard InChI is InChI=1S/C14H26N4O/c1-5-15-14-17-10-12(4)13(18-14)16-7-9-19-8-6-11(2)3/h10-11H,5-9H2,1-4H3,(H2,15,16,17,18). The molecule has 5 heteroatoms. The van der Waals surface area contributed by atoms with Gasteiger partial charge in [0.1, 0.15) is 5.82 Å². The summed E-state index contributed by atoms with van der Waals surface area (Å²) < 4.78 is 5.56. The molecule has 0 aromatic carbocycles. The Morgan fingerprint density at radius 2 is 2.05 bits per heavy atom. The van der Waals surface area contributed by atoms with Crippen LogP contribution >= 0.6 is 0 Å². The molecule has 5 nitrogen and oxygen atoms in total. The fourth-order valence-corrected chi connectivity index (χ4v) is 1.53. The first kappa shape index (κ1) is 15.7. The largest absolute Gasteiger partial charge is 0.380 e. The van der Waals surface area contributed by atoms with E-state index in [1.165, 1.54) is 0 Å². The van der Waals surface area contributed by atoms with Crippen molar-refractivity contribution in [2.24, 2.45) is 5.92 Å². The van der Waals surface area contributed by atoms with Gasteiger partial charge in [0.05, 0.1) is 6.61 Å². The fraction of sp³-hybridized carbons (Fsp3) is 0.714. The number of anilines is 2. The summed E-state index contributed by atoms with van der Waals surface area (Å²) in [4.78, 5) is 8.63. The highest BCUT2D eigenvalue weighted by Crippen LogP contribution is 2.11. The summed E-state index contributed by atoms with van der Waals surface area (Å²) in [6.07, 6.45) is 2.93. The second-order valence-electron chi connectivity index (χ2n) is 4.98. The van der Waals surface area contributed by atoms with Crippen LogP contribution in [0, 0.1) is 12.8 Å². The molecule has 19 heavy (non-hydrogen) atoms. The highest BCUT2D eigenvalue weighted by atomic mass is 16.5. The van der Waals surface area contributed by atoms with Crippen LogP contribution in [0.5, 0.6) is 0 Å². The molecule has 0 bridgehead atoms. The second kappa shape index (κ2) is 8.69. The fourth-order valence-electron chi connectivity index (χ4n) is 1.53. The maximum atomic E-state index is 5.56. The van der Waals surface area contributed by atoms with Crippen molar-refractivity contribution in [3.63, 3.8) is 0 Å². The third-order valence-corrected chi connectivity index (χ3v) is 2.68. The minimum Gasteiger partial charge on any atom is -0.380 e. The number of aryl methyl sites for hydroxylation is 1. The monoisotopic (exact) mass is 266 g/mol. The predicted octanol–water partition coefficient (Wildman–Crippen LogP) is 2.69. The molecule has 0 saturated carbocycles. The molecule has 0 unspecified atom stereocenters. The Bertz CT molecular complexity index is 368. The molecule has 1 aromatic rings. The first-order valence-electron chi connectivity index (χ1n) is 7.02. The van der Waals surface area contributed by atoms with Crippen LogP contribution in [0.25, 0.3) is 0 Å². The molecular weight excluding hydrogens is 240 g/mol. The summed E-state index contributed by atoms with van der Waals surface area (Å²) in [5, 5.41) is 6.39. The Balaban J connectivity index is 2.30. The highest BCUT2D eigenvalue weighted by molar-refractivity contribution is 5.46. The quantitative estimate of drug-likeness (QED) is 0.673. The van der Waals surface area contributed by atoms with Crippen molar-refractivity contribution in [1.29, 1.82) is 0 Å². The van der Waals surface area contributed by atoms with Gasteiger partial charge in [-0.15, -0.1) is 0 Å². The first-order valence-corrected chi connectivity index (χ1v) is 7.02. The molecule has 0 aliphatic rings. The third kappa shape index (κ3) is 6.38. The summed E-state index contributed by atoms with van der Waals surface area (Å²) in [6, 6.07) is 0. The molecular formula is C14H26N4O. The van der Waals surface area contributed by atoms with E-state index < -0.39 is 0 Å². The summed E-state index contributed by atoms with van der Waals surface area (Å²) in [5.74, 6) is 2.23. The maximum absolute atomic E-state index is 5.56. The minimum atomic E-state index is 0.663. The van der Waals surface area contributed by atoms with E-state index in [0.717, 1.165) is 37.5 Å². The lowest BCUT2D eigenvalue weighted by molar-refractivity contribution is 0.132. The van der Waals surface area contributed by atoms with Gasteiger partial charge in [-0.2, -0.15) is 4.98 Å². The molecule has 2 N–H and O–H groups in total. The highest BCUT2D eigenvalue weighted by Gasteiger charge is 2.02. The van der Waals surface area contributed by atoms with E-state index in [1.54, 1.807) is 0 Å². The van der Waals surface area contributed by atoms with Gasteiger partial charge >= 0.3 is 0 Å². The molecule has 1 rings (SSSR count). The van der Waals surface area contributed by atoms with Crippen molar-refractivity contribution in [2.75, 3.05) is 36.9 Å². The van der Waals surface area contributed by atoms with Crippen LogP contribution in [0.3, 0.4) is 0 Å². The molecule has 0 fully saturated rings. The SMILES string of the molecule is CCNc1ncc(C)c(NCCOCCC(C)C)n1. The van der Waals surface area contributed by atoms with Gasteiger partial charge in [-0.25, -0.2) is 4.98 Å². The first-order chi connectivity index (χ1) is 9.13. The van der Waals surface area contributed by atoms with Crippen molar-refractivity contribution >= 4 is 11.8 Å². The van der Waals surface area contributed by atoms with Gasteiger partial charge in [0.2, 0.25) is 5.95 Å². The van der Waals surface area contributed by atoms with Crippen LogP contribution in [0.15, 0.2) is 6.20 Å². The van der Waals surface area contributed by atoms with Crippen LogP contribution in [0.4, 0.5) is 11.8 Å². The lowest BCUT2D eigenvalue weighted by atomic mass is 10.1. The number of hydrogen-bond acceptors (Lipinski definition) is 5. The van der Waals surface area contributed by atoms with Crippen molar-refractivity contribution in [3.8, 4) is 0 Å². The summed E-state index contributed by atoms with van der Waals surface area (Å²) in [5.41, 5.74) is 1.05. The second-order valence-corrected chi connectivity index (χ2v) is 4.98. The molecule has 0 aliphatic heterocycles. The Labute approximate surface area is 116 Å². The number of nitrogens with one attached hydrogen (secondary N) is 2. The summed E-state index contributed by atoms with van der Waals surface area (Å²) in [7, 11) is 0. The van der Waals surface area contributed by atoms with E-state index in [9.17, 15) is 0 Å². The van der Waals surface area contributed by atoms with Crippen molar-refractivity contribution in [1.82, 2.24) is 9.97 Å². The molecule has 108 valence electrons. The third-order valence-electron chi connectivity index (χ3n) is 2.68. The lowest BCUT2D eigenvalue weighted by Gasteiger charge is -2.11. The Kier molecular flexibility index (Phi) is 7.18. The molecule has 1 heterocycles. The van der Waals surface area contributed by atoms with Crippen LogP contribution in [-0.2, 0) is 4.74 Å². The summed E-state index contributed by atoms with van der Waals surface area (Å²) >= 11 is 0. The number of nitrogens with zero attached hydrogens (tertiary/aromatic N) is 2. The van der Waals surface area contributed by atoms with Crippen LogP contribution in [0.2, 0.25) is 0 Å². The molecule has 0 radical (unpaired) electrons. The molecule has 0 saturated heterocycles. The van der Waals surface area contributed by atoms with Crippen molar-refractivity contribution in [3.05, 3.63) is 11.8 Å². The number of ether oxygens (including phenoxy) is 1. The molecule has 0 amide bonds.